The van der Waals surface area contributed by atoms with Crippen LogP contribution in [0.5, 0.6) is 0 Å². The van der Waals surface area contributed by atoms with Crippen LogP contribution in [0.3, 0.4) is 0 Å². The molecule has 1 aliphatic heterocycles. The SMILES string of the molecule is O=C(O)N1CCc2ccsc2C1. The van der Waals surface area contributed by atoms with E-state index in [2.05, 4.69) is 6.07 Å². The molecule has 0 fully saturated rings. The summed E-state index contributed by atoms with van der Waals surface area (Å²) < 4.78 is 0. The zero-order chi connectivity index (χ0) is 8.55. The predicted octanol–water partition coefficient (Wildman–Crippen LogP) is 1.78. The van der Waals surface area contributed by atoms with Crippen LogP contribution in [-0.4, -0.2) is 22.6 Å². The third-order valence-corrected chi connectivity index (χ3v) is 3.04. The summed E-state index contributed by atoms with van der Waals surface area (Å²) >= 11 is 1.64. The van der Waals surface area contributed by atoms with Crippen molar-refractivity contribution >= 4 is 17.4 Å². The Morgan fingerprint density at radius 1 is 1.67 bits per heavy atom. The molecule has 0 aliphatic carbocycles. The Balaban J connectivity index is 2.20. The molecule has 0 bridgehead atoms. The van der Waals surface area contributed by atoms with Crippen LogP contribution >= 0.6 is 11.3 Å². The molecular formula is C8H9NO2S. The fourth-order valence-electron chi connectivity index (χ4n) is 1.40. The van der Waals surface area contributed by atoms with E-state index in [0.29, 0.717) is 13.1 Å². The second kappa shape index (κ2) is 2.79. The van der Waals surface area contributed by atoms with Gasteiger partial charge in [-0.3, -0.25) is 0 Å². The lowest BCUT2D eigenvalue weighted by atomic mass is 10.1. The van der Waals surface area contributed by atoms with Crippen molar-refractivity contribution in [1.29, 1.82) is 0 Å². The lowest BCUT2D eigenvalue weighted by Gasteiger charge is -2.23. The van der Waals surface area contributed by atoms with Gasteiger partial charge < -0.3 is 10.0 Å². The van der Waals surface area contributed by atoms with Crippen LogP contribution in [0.1, 0.15) is 10.4 Å². The van der Waals surface area contributed by atoms with E-state index in [1.165, 1.54) is 15.3 Å². The average molecular weight is 183 g/mol. The second-order valence-corrected chi connectivity index (χ2v) is 3.82. The van der Waals surface area contributed by atoms with Gasteiger partial charge in [-0.1, -0.05) is 0 Å². The molecule has 0 atom stereocenters. The van der Waals surface area contributed by atoms with Crippen LogP contribution in [0.2, 0.25) is 0 Å². The Morgan fingerprint density at radius 2 is 2.50 bits per heavy atom. The highest BCUT2D eigenvalue weighted by molar-refractivity contribution is 7.10. The first-order valence-electron chi connectivity index (χ1n) is 3.80. The molecule has 4 heteroatoms. The fraction of sp³-hybridized carbons (Fsp3) is 0.375. The zero-order valence-electron chi connectivity index (χ0n) is 6.49. The summed E-state index contributed by atoms with van der Waals surface area (Å²) in [5.74, 6) is 0. The first kappa shape index (κ1) is 7.61. The van der Waals surface area contributed by atoms with Crippen molar-refractivity contribution in [3.8, 4) is 0 Å². The number of hydrogen-bond donors (Lipinski definition) is 1. The molecule has 2 heterocycles. The van der Waals surface area contributed by atoms with Crippen LogP contribution in [0, 0.1) is 0 Å². The van der Waals surface area contributed by atoms with Crippen LogP contribution in [0.4, 0.5) is 4.79 Å². The molecule has 12 heavy (non-hydrogen) atoms. The summed E-state index contributed by atoms with van der Waals surface area (Å²) in [5, 5.41) is 10.8. The van der Waals surface area contributed by atoms with Gasteiger partial charge in [-0.05, 0) is 23.4 Å². The molecule has 0 spiro atoms. The highest BCUT2D eigenvalue weighted by Gasteiger charge is 2.20. The Hall–Kier alpha value is -1.03. The van der Waals surface area contributed by atoms with Crippen molar-refractivity contribution in [2.24, 2.45) is 0 Å². The first-order valence-corrected chi connectivity index (χ1v) is 4.68. The summed E-state index contributed by atoms with van der Waals surface area (Å²) in [7, 11) is 0. The first-order chi connectivity index (χ1) is 5.77. The van der Waals surface area contributed by atoms with E-state index >= 15 is 0 Å². The lowest BCUT2D eigenvalue weighted by Crippen LogP contribution is -2.33. The number of thiophene rings is 1. The third-order valence-electron chi connectivity index (χ3n) is 2.09. The zero-order valence-corrected chi connectivity index (χ0v) is 7.30. The number of carbonyl (C=O) groups is 1. The summed E-state index contributed by atoms with van der Waals surface area (Å²) in [6.07, 6.45) is 0.0551. The molecule has 1 aromatic heterocycles. The van der Waals surface area contributed by atoms with Gasteiger partial charge in [0.05, 0.1) is 6.54 Å². The Kier molecular flexibility index (Phi) is 1.77. The number of nitrogens with zero attached hydrogens (tertiary/aromatic N) is 1. The van der Waals surface area contributed by atoms with E-state index in [1.54, 1.807) is 11.3 Å². The Morgan fingerprint density at radius 3 is 3.25 bits per heavy atom. The van der Waals surface area contributed by atoms with Crippen molar-refractivity contribution < 1.29 is 9.90 Å². The minimum absolute atomic E-state index is 0.572. The van der Waals surface area contributed by atoms with Crippen LogP contribution in [0.25, 0.3) is 0 Å². The van der Waals surface area contributed by atoms with Gasteiger partial charge in [0, 0.05) is 11.4 Å². The van der Waals surface area contributed by atoms with Gasteiger partial charge >= 0.3 is 6.09 Å². The number of amides is 1. The largest absolute Gasteiger partial charge is 0.465 e. The molecule has 1 aliphatic rings. The molecular weight excluding hydrogens is 174 g/mol. The number of fused-ring (bicyclic) bond motifs is 1. The van der Waals surface area contributed by atoms with Gasteiger partial charge in [-0.25, -0.2) is 4.79 Å². The highest BCUT2D eigenvalue weighted by atomic mass is 32.1. The van der Waals surface area contributed by atoms with Gasteiger partial charge in [0.25, 0.3) is 0 Å². The Bertz CT molecular complexity index is 308. The quantitative estimate of drug-likeness (QED) is 0.666. The molecule has 64 valence electrons. The van der Waals surface area contributed by atoms with Crippen molar-refractivity contribution in [3.63, 3.8) is 0 Å². The van der Waals surface area contributed by atoms with Gasteiger partial charge in [0.15, 0.2) is 0 Å². The molecule has 0 radical (unpaired) electrons. The predicted molar refractivity (Wildman–Crippen MR) is 46.5 cm³/mol. The number of carboxylic acid groups (broad SMARTS) is 1. The molecule has 1 N–H and O–H groups in total. The van der Waals surface area contributed by atoms with Crippen molar-refractivity contribution in [1.82, 2.24) is 4.90 Å². The van der Waals surface area contributed by atoms with Gasteiger partial charge in [-0.15, -0.1) is 11.3 Å². The van der Waals surface area contributed by atoms with E-state index in [1.807, 2.05) is 5.38 Å². The third kappa shape index (κ3) is 1.18. The summed E-state index contributed by atoms with van der Waals surface area (Å²) in [5.41, 5.74) is 1.32. The van der Waals surface area contributed by atoms with E-state index < -0.39 is 6.09 Å². The molecule has 0 saturated carbocycles. The van der Waals surface area contributed by atoms with E-state index in [-0.39, 0.29) is 0 Å². The summed E-state index contributed by atoms with van der Waals surface area (Å²) in [6, 6.07) is 2.08. The smallest absolute Gasteiger partial charge is 0.407 e. The molecule has 0 unspecified atom stereocenters. The lowest BCUT2D eigenvalue weighted by molar-refractivity contribution is 0.140. The fourth-order valence-corrected chi connectivity index (χ4v) is 2.35. The normalized spacial score (nSPS) is 15.8. The standard InChI is InChI=1S/C8H9NO2S/c10-8(11)9-3-1-6-2-4-12-7(6)5-9/h2,4H,1,3,5H2,(H,10,11). The average Bonchev–Trinajstić information content (AvgIpc) is 2.49. The molecule has 2 rings (SSSR count). The topological polar surface area (TPSA) is 40.5 Å². The van der Waals surface area contributed by atoms with E-state index in [0.717, 1.165) is 6.42 Å². The van der Waals surface area contributed by atoms with Crippen molar-refractivity contribution in [2.75, 3.05) is 6.54 Å². The number of hydrogen-bond acceptors (Lipinski definition) is 2. The van der Waals surface area contributed by atoms with Crippen molar-refractivity contribution in [2.45, 2.75) is 13.0 Å². The molecule has 1 amide bonds. The minimum Gasteiger partial charge on any atom is -0.465 e. The minimum atomic E-state index is -0.811. The van der Waals surface area contributed by atoms with E-state index in [9.17, 15) is 4.79 Å². The van der Waals surface area contributed by atoms with Crippen LogP contribution in [-0.2, 0) is 13.0 Å². The molecule has 0 saturated heterocycles. The number of rotatable bonds is 0. The van der Waals surface area contributed by atoms with Gasteiger partial charge in [0.1, 0.15) is 0 Å². The second-order valence-electron chi connectivity index (χ2n) is 2.82. The monoisotopic (exact) mass is 183 g/mol. The molecule has 1 aromatic rings. The summed E-state index contributed by atoms with van der Waals surface area (Å²) in [4.78, 5) is 13.3. The Labute approximate surface area is 74.2 Å². The van der Waals surface area contributed by atoms with Crippen molar-refractivity contribution in [3.05, 3.63) is 21.9 Å². The van der Waals surface area contributed by atoms with E-state index in [4.69, 9.17) is 5.11 Å². The molecule has 3 nitrogen and oxygen atoms in total. The van der Waals surface area contributed by atoms with Crippen LogP contribution in [0.15, 0.2) is 11.4 Å². The molecule has 0 aromatic carbocycles. The maximum atomic E-state index is 10.6. The maximum Gasteiger partial charge on any atom is 0.407 e. The van der Waals surface area contributed by atoms with Gasteiger partial charge in [-0.2, -0.15) is 0 Å². The van der Waals surface area contributed by atoms with Crippen LogP contribution < -0.4 is 0 Å². The maximum absolute atomic E-state index is 10.6. The summed E-state index contributed by atoms with van der Waals surface area (Å²) in [6.45, 7) is 1.21. The van der Waals surface area contributed by atoms with Gasteiger partial charge in [0.2, 0.25) is 0 Å². The highest BCUT2D eigenvalue weighted by Crippen LogP contribution is 2.23.